The highest BCUT2D eigenvalue weighted by Crippen LogP contribution is 2.28. The minimum absolute atomic E-state index is 0. The summed E-state index contributed by atoms with van der Waals surface area (Å²) in [5, 5.41) is 11.4. The van der Waals surface area contributed by atoms with Crippen LogP contribution in [0.25, 0.3) is 5.69 Å². The first-order valence-electron chi connectivity index (χ1n) is 7.46. The van der Waals surface area contributed by atoms with Gasteiger partial charge in [0.25, 0.3) is 5.91 Å². The third-order valence-corrected chi connectivity index (χ3v) is 4.36. The molecule has 1 aliphatic heterocycles. The van der Waals surface area contributed by atoms with Crippen molar-refractivity contribution in [1.29, 1.82) is 0 Å². The Balaban J connectivity index is 0.00000208. The van der Waals surface area contributed by atoms with E-state index in [0.717, 1.165) is 25.9 Å². The Labute approximate surface area is 156 Å². The molecule has 24 heavy (non-hydrogen) atoms. The summed E-state index contributed by atoms with van der Waals surface area (Å²) >= 11 is 12.4. The van der Waals surface area contributed by atoms with Crippen LogP contribution in [-0.2, 0) is 0 Å². The molecule has 2 N–H and O–H groups in total. The first-order valence-corrected chi connectivity index (χ1v) is 8.21. The highest BCUT2D eigenvalue weighted by molar-refractivity contribution is 6.37. The van der Waals surface area contributed by atoms with Crippen LogP contribution >= 0.6 is 35.6 Å². The summed E-state index contributed by atoms with van der Waals surface area (Å²) in [6.07, 6.45) is 2.00. The number of amides is 1. The number of carbonyl (C=O) groups excluding carboxylic acids is 1. The number of hydrogen-bond donors (Lipinski definition) is 2. The Morgan fingerprint density at radius 3 is 2.71 bits per heavy atom. The van der Waals surface area contributed by atoms with Crippen molar-refractivity contribution in [3.8, 4) is 5.69 Å². The van der Waals surface area contributed by atoms with E-state index in [9.17, 15) is 4.79 Å². The van der Waals surface area contributed by atoms with Crippen LogP contribution in [0.4, 0.5) is 0 Å². The van der Waals surface area contributed by atoms with Crippen LogP contribution in [-0.4, -0.2) is 39.8 Å². The number of nitrogens with zero attached hydrogens (tertiary/aromatic N) is 3. The van der Waals surface area contributed by atoms with E-state index in [4.69, 9.17) is 23.2 Å². The molecule has 1 amide bonds. The van der Waals surface area contributed by atoms with E-state index in [1.54, 1.807) is 25.1 Å². The number of halogens is 3. The summed E-state index contributed by atoms with van der Waals surface area (Å²) in [4.78, 5) is 16.6. The first-order chi connectivity index (χ1) is 11.1. The van der Waals surface area contributed by atoms with E-state index >= 15 is 0 Å². The fourth-order valence-corrected chi connectivity index (χ4v) is 3.17. The average Bonchev–Trinajstić information content (AvgIpc) is 2.90. The smallest absolute Gasteiger partial charge is 0.291 e. The van der Waals surface area contributed by atoms with Gasteiger partial charge in [0, 0.05) is 12.6 Å². The number of piperidine rings is 1. The maximum atomic E-state index is 12.3. The normalized spacial score (nSPS) is 17.2. The van der Waals surface area contributed by atoms with Gasteiger partial charge < -0.3 is 10.6 Å². The lowest BCUT2D eigenvalue weighted by atomic mass is 10.1. The van der Waals surface area contributed by atoms with Crippen LogP contribution in [0, 0.1) is 6.92 Å². The number of benzene rings is 1. The summed E-state index contributed by atoms with van der Waals surface area (Å²) in [7, 11) is 0. The topological polar surface area (TPSA) is 71.8 Å². The molecule has 0 saturated carbocycles. The van der Waals surface area contributed by atoms with Crippen molar-refractivity contribution < 1.29 is 4.79 Å². The van der Waals surface area contributed by atoms with Crippen LogP contribution in [0.3, 0.4) is 0 Å². The molecule has 0 aliphatic carbocycles. The fraction of sp³-hybridized carbons (Fsp3) is 0.400. The Morgan fingerprint density at radius 2 is 2.08 bits per heavy atom. The van der Waals surface area contributed by atoms with Crippen molar-refractivity contribution in [3.05, 3.63) is 39.9 Å². The minimum atomic E-state index is -0.288. The van der Waals surface area contributed by atoms with Gasteiger partial charge in [-0.25, -0.2) is 9.67 Å². The van der Waals surface area contributed by atoms with Crippen LogP contribution in [0.2, 0.25) is 10.0 Å². The molecule has 0 radical (unpaired) electrons. The van der Waals surface area contributed by atoms with Gasteiger partial charge in [-0.3, -0.25) is 4.79 Å². The third kappa shape index (κ3) is 4.00. The highest BCUT2D eigenvalue weighted by atomic mass is 35.5. The van der Waals surface area contributed by atoms with Gasteiger partial charge in [0.2, 0.25) is 5.82 Å². The maximum Gasteiger partial charge on any atom is 0.291 e. The van der Waals surface area contributed by atoms with E-state index in [1.807, 2.05) is 0 Å². The van der Waals surface area contributed by atoms with Gasteiger partial charge in [0.1, 0.15) is 11.5 Å². The molecule has 3 rings (SSSR count). The molecule has 1 saturated heterocycles. The summed E-state index contributed by atoms with van der Waals surface area (Å²) < 4.78 is 1.50. The van der Waals surface area contributed by atoms with E-state index in [-0.39, 0.29) is 30.2 Å². The lowest BCUT2D eigenvalue weighted by Crippen LogP contribution is -2.45. The van der Waals surface area contributed by atoms with Crippen molar-refractivity contribution in [1.82, 2.24) is 25.4 Å². The molecule has 9 heteroatoms. The van der Waals surface area contributed by atoms with E-state index in [0.29, 0.717) is 21.6 Å². The molecule has 1 aromatic carbocycles. The second-order valence-electron chi connectivity index (χ2n) is 5.48. The molecule has 0 spiro atoms. The molecular formula is C15H18Cl3N5O. The average molecular weight is 391 g/mol. The van der Waals surface area contributed by atoms with E-state index in [1.165, 1.54) is 4.68 Å². The zero-order valence-corrected chi connectivity index (χ0v) is 15.4. The van der Waals surface area contributed by atoms with Crippen molar-refractivity contribution in [2.24, 2.45) is 0 Å². The van der Waals surface area contributed by atoms with Crippen molar-refractivity contribution in [3.63, 3.8) is 0 Å². The molecule has 2 heterocycles. The maximum absolute atomic E-state index is 12.3. The molecular weight excluding hydrogens is 373 g/mol. The zero-order chi connectivity index (χ0) is 16.4. The lowest BCUT2D eigenvalue weighted by Gasteiger charge is -2.23. The zero-order valence-electron chi connectivity index (χ0n) is 13.1. The molecule has 0 bridgehead atoms. The van der Waals surface area contributed by atoms with Gasteiger partial charge in [-0.1, -0.05) is 29.3 Å². The SMILES string of the molecule is Cc1nc(C(=O)NC2CCCNC2)nn1-c1c(Cl)cccc1Cl.Cl. The minimum Gasteiger partial charge on any atom is -0.345 e. The number of carbonyl (C=O) groups is 1. The Bertz CT molecular complexity index is 708. The predicted molar refractivity (Wildman–Crippen MR) is 96.7 cm³/mol. The second-order valence-corrected chi connectivity index (χ2v) is 6.30. The molecule has 130 valence electrons. The van der Waals surface area contributed by atoms with Gasteiger partial charge in [0.05, 0.1) is 10.0 Å². The summed E-state index contributed by atoms with van der Waals surface area (Å²) in [5.74, 6) is 0.375. The van der Waals surface area contributed by atoms with Gasteiger partial charge in [-0.15, -0.1) is 17.5 Å². The number of aryl methyl sites for hydroxylation is 1. The van der Waals surface area contributed by atoms with E-state index < -0.39 is 0 Å². The molecule has 1 fully saturated rings. The number of hydrogen-bond acceptors (Lipinski definition) is 4. The van der Waals surface area contributed by atoms with Crippen molar-refractivity contribution in [2.45, 2.75) is 25.8 Å². The summed E-state index contributed by atoms with van der Waals surface area (Å²) in [6, 6.07) is 5.30. The highest BCUT2D eigenvalue weighted by Gasteiger charge is 2.21. The van der Waals surface area contributed by atoms with Crippen LogP contribution in [0.1, 0.15) is 29.3 Å². The van der Waals surface area contributed by atoms with Gasteiger partial charge >= 0.3 is 0 Å². The molecule has 1 atom stereocenters. The number of para-hydroxylation sites is 1. The van der Waals surface area contributed by atoms with Gasteiger partial charge in [0.15, 0.2) is 0 Å². The number of aromatic nitrogens is 3. The van der Waals surface area contributed by atoms with Crippen LogP contribution in [0.15, 0.2) is 18.2 Å². The number of nitrogens with one attached hydrogen (secondary N) is 2. The molecule has 2 aromatic rings. The molecule has 1 aliphatic rings. The standard InChI is InChI=1S/C15H17Cl2N5O.ClH/c1-9-19-14(15(23)20-10-4-3-7-18-8-10)21-22(9)13-11(16)5-2-6-12(13)17;/h2,5-6,10,18H,3-4,7-8H2,1H3,(H,20,23);1H. The Hall–Kier alpha value is -1.34. The Morgan fingerprint density at radius 1 is 1.38 bits per heavy atom. The van der Waals surface area contributed by atoms with Crippen molar-refractivity contribution >= 4 is 41.5 Å². The van der Waals surface area contributed by atoms with E-state index in [2.05, 4.69) is 20.7 Å². The molecule has 1 unspecified atom stereocenters. The summed E-state index contributed by atoms with van der Waals surface area (Å²) in [5.41, 5.74) is 0.527. The number of rotatable bonds is 3. The Kier molecular flexibility index (Phi) is 6.46. The quantitative estimate of drug-likeness (QED) is 0.845. The summed E-state index contributed by atoms with van der Waals surface area (Å²) in [6.45, 7) is 3.51. The first kappa shape index (κ1) is 19.0. The van der Waals surface area contributed by atoms with Crippen molar-refractivity contribution in [2.75, 3.05) is 13.1 Å². The van der Waals surface area contributed by atoms with Crippen LogP contribution in [0.5, 0.6) is 0 Å². The fourth-order valence-electron chi connectivity index (χ4n) is 2.61. The van der Waals surface area contributed by atoms with Gasteiger partial charge in [-0.2, -0.15) is 0 Å². The third-order valence-electron chi connectivity index (χ3n) is 3.75. The van der Waals surface area contributed by atoms with Gasteiger partial charge in [-0.05, 0) is 38.4 Å². The monoisotopic (exact) mass is 389 g/mol. The molecule has 6 nitrogen and oxygen atoms in total. The van der Waals surface area contributed by atoms with Crippen LogP contribution < -0.4 is 10.6 Å². The molecule has 1 aromatic heterocycles. The largest absolute Gasteiger partial charge is 0.345 e. The predicted octanol–water partition coefficient (Wildman–Crippen LogP) is 2.79. The lowest BCUT2D eigenvalue weighted by molar-refractivity contribution is 0.0920. The second kappa shape index (κ2) is 8.16.